The number of rotatable bonds is 4. The second-order valence-corrected chi connectivity index (χ2v) is 9.17. The van der Waals surface area contributed by atoms with E-state index in [4.69, 9.17) is 4.74 Å². The van der Waals surface area contributed by atoms with Crippen LogP contribution in [0.3, 0.4) is 0 Å². The molecule has 4 rings (SSSR count). The van der Waals surface area contributed by atoms with E-state index in [1.165, 1.54) is 9.75 Å². The normalized spacial score (nSPS) is 22.9. The molecule has 0 saturated carbocycles. The Labute approximate surface area is 157 Å². The number of hydrogen-bond acceptors (Lipinski definition) is 5. The molecule has 26 heavy (non-hydrogen) atoms. The van der Waals surface area contributed by atoms with Crippen LogP contribution in [0.2, 0.25) is 0 Å². The Kier molecular flexibility index (Phi) is 4.62. The Morgan fingerprint density at radius 2 is 2.35 bits per heavy atom. The molecule has 1 fully saturated rings. The van der Waals surface area contributed by atoms with E-state index in [0.717, 1.165) is 37.3 Å². The number of aromatic amines is 1. The molecule has 2 aliphatic heterocycles. The maximum atomic E-state index is 12.4. The van der Waals surface area contributed by atoms with Gasteiger partial charge < -0.3 is 10.1 Å². The van der Waals surface area contributed by atoms with E-state index in [1.807, 2.05) is 25.2 Å². The fourth-order valence-corrected chi connectivity index (χ4v) is 5.02. The maximum absolute atomic E-state index is 12.4. The summed E-state index contributed by atoms with van der Waals surface area (Å²) >= 11 is 1.86. The number of carbonyl (C=O) groups is 1. The third-order valence-corrected chi connectivity index (χ3v) is 6.25. The van der Waals surface area contributed by atoms with Gasteiger partial charge in [0.1, 0.15) is 0 Å². The van der Waals surface area contributed by atoms with Gasteiger partial charge in [0, 0.05) is 39.9 Å². The van der Waals surface area contributed by atoms with Crippen molar-refractivity contribution in [3.05, 3.63) is 38.8 Å². The molecule has 0 bridgehead atoms. The van der Waals surface area contributed by atoms with Gasteiger partial charge in [-0.05, 0) is 45.9 Å². The molecule has 0 aliphatic carbocycles. The topological polar surface area (TPSA) is 70.2 Å². The molecule has 140 valence electrons. The maximum Gasteiger partial charge on any atom is 0.272 e. The predicted octanol–water partition coefficient (Wildman–Crippen LogP) is 2.59. The number of aryl methyl sites for hydroxylation is 1. The second kappa shape index (κ2) is 6.79. The molecule has 2 aromatic rings. The molecule has 1 atom stereocenters. The fraction of sp³-hybridized carbons (Fsp3) is 0.579. The first-order chi connectivity index (χ1) is 12.5. The summed E-state index contributed by atoms with van der Waals surface area (Å²) in [5, 5.41) is 10.5. The first-order valence-electron chi connectivity index (χ1n) is 9.21. The molecule has 1 saturated heterocycles. The molecule has 2 aliphatic rings. The summed E-state index contributed by atoms with van der Waals surface area (Å²) in [5.41, 5.74) is 2.44. The van der Waals surface area contributed by atoms with E-state index in [9.17, 15) is 4.79 Å². The zero-order valence-corrected chi connectivity index (χ0v) is 16.4. The molecular weight excluding hydrogens is 348 g/mol. The van der Waals surface area contributed by atoms with Gasteiger partial charge in [-0.15, -0.1) is 11.3 Å². The number of carbonyl (C=O) groups excluding carboxylic acids is 1. The number of ether oxygens (including phenoxy) is 1. The smallest absolute Gasteiger partial charge is 0.272 e. The van der Waals surface area contributed by atoms with Gasteiger partial charge in [-0.25, -0.2) is 0 Å². The largest absolute Gasteiger partial charge is 0.376 e. The molecule has 1 amide bonds. The highest BCUT2D eigenvalue weighted by molar-refractivity contribution is 7.11. The van der Waals surface area contributed by atoms with Crippen molar-refractivity contribution in [1.82, 2.24) is 20.4 Å². The number of likely N-dealkylation sites (tertiary alicyclic amines) is 1. The van der Waals surface area contributed by atoms with E-state index in [0.29, 0.717) is 18.9 Å². The van der Waals surface area contributed by atoms with Crippen LogP contribution in [0, 0.1) is 6.92 Å². The van der Waals surface area contributed by atoms with Crippen LogP contribution in [0.25, 0.3) is 0 Å². The number of thiophene rings is 1. The highest BCUT2D eigenvalue weighted by Gasteiger charge is 2.46. The first-order valence-corrected chi connectivity index (χ1v) is 10.0. The zero-order valence-electron chi connectivity index (χ0n) is 15.6. The van der Waals surface area contributed by atoms with Gasteiger partial charge in [0.15, 0.2) is 5.69 Å². The molecule has 2 aromatic heterocycles. The van der Waals surface area contributed by atoms with Gasteiger partial charge in [0.05, 0.1) is 18.9 Å². The van der Waals surface area contributed by atoms with Crippen molar-refractivity contribution in [3.63, 3.8) is 0 Å². The summed E-state index contributed by atoms with van der Waals surface area (Å²) in [5.74, 6) is -0.123. The molecule has 0 aromatic carbocycles. The van der Waals surface area contributed by atoms with Gasteiger partial charge in [-0.3, -0.25) is 14.8 Å². The Hall–Kier alpha value is -1.70. The van der Waals surface area contributed by atoms with Crippen molar-refractivity contribution < 1.29 is 9.53 Å². The van der Waals surface area contributed by atoms with Crippen molar-refractivity contribution in [1.29, 1.82) is 0 Å². The first kappa shape index (κ1) is 17.7. The number of fused-ring (bicyclic) bond motifs is 2. The Bertz CT molecular complexity index is 812. The SMILES string of the molecule is Cc1ccc(CN2CC[C@@]3(COCc4c(C(=O)NC(C)C)n[nH]c43)C2)s1. The van der Waals surface area contributed by atoms with E-state index in [2.05, 4.69) is 39.5 Å². The highest BCUT2D eigenvalue weighted by Crippen LogP contribution is 2.40. The molecule has 2 N–H and O–H groups in total. The minimum absolute atomic E-state index is 0.0801. The Morgan fingerprint density at radius 1 is 1.50 bits per heavy atom. The summed E-state index contributed by atoms with van der Waals surface area (Å²) in [6.45, 7) is 10.1. The van der Waals surface area contributed by atoms with Gasteiger partial charge >= 0.3 is 0 Å². The summed E-state index contributed by atoms with van der Waals surface area (Å²) in [6, 6.07) is 4.49. The standard InChI is InChI=1S/C19H26N4O2S/c1-12(2)20-18(24)16-15-9-25-11-19(17(15)22-21-16)6-7-23(10-19)8-14-5-4-13(3)26-14/h4-5,12H,6-11H2,1-3H3,(H,20,24)(H,21,22)/t19-/m0/s1. The number of hydrogen-bond donors (Lipinski definition) is 2. The van der Waals surface area contributed by atoms with Crippen molar-refractivity contribution in [2.75, 3.05) is 19.7 Å². The van der Waals surface area contributed by atoms with Gasteiger partial charge in [0.25, 0.3) is 5.91 Å². The van der Waals surface area contributed by atoms with E-state index < -0.39 is 0 Å². The van der Waals surface area contributed by atoms with Crippen molar-refractivity contribution in [2.24, 2.45) is 0 Å². The highest BCUT2D eigenvalue weighted by atomic mass is 32.1. The van der Waals surface area contributed by atoms with E-state index >= 15 is 0 Å². The van der Waals surface area contributed by atoms with Crippen molar-refractivity contribution in [2.45, 2.75) is 51.8 Å². The number of nitrogens with zero attached hydrogens (tertiary/aromatic N) is 2. The average Bonchev–Trinajstić information content (AvgIpc) is 3.28. The number of H-pyrrole nitrogens is 1. The predicted molar refractivity (Wildman–Crippen MR) is 101 cm³/mol. The van der Waals surface area contributed by atoms with Crippen LogP contribution in [-0.4, -0.2) is 46.7 Å². The molecule has 0 unspecified atom stereocenters. The Morgan fingerprint density at radius 3 is 3.08 bits per heavy atom. The van der Waals surface area contributed by atoms with E-state index in [1.54, 1.807) is 0 Å². The second-order valence-electron chi connectivity index (χ2n) is 7.80. The average molecular weight is 375 g/mol. The van der Waals surface area contributed by atoms with Gasteiger partial charge in [0.2, 0.25) is 0 Å². The van der Waals surface area contributed by atoms with Crippen molar-refractivity contribution >= 4 is 17.2 Å². The Balaban J connectivity index is 1.54. The third-order valence-electron chi connectivity index (χ3n) is 5.27. The summed E-state index contributed by atoms with van der Waals surface area (Å²) in [6.07, 6.45) is 1.03. The zero-order chi connectivity index (χ0) is 18.3. The number of amides is 1. The molecule has 4 heterocycles. The summed E-state index contributed by atoms with van der Waals surface area (Å²) in [4.78, 5) is 17.7. The number of nitrogens with one attached hydrogen (secondary N) is 2. The van der Waals surface area contributed by atoms with Crippen LogP contribution in [-0.2, 0) is 23.3 Å². The van der Waals surface area contributed by atoms with Crippen LogP contribution in [0.15, 0.2) is 12.1 Å². The molecule has 0 radical (unpaired) electrons. The minimum atomic E-state index is -0.123. The lowest BCUT2D eigenvalue weighted by Gasteiger charge is -2.33. The monoisotopic (exact) mass is 374 g/mol. The van der Waals surface area contributed by atoms with Crippen LogP contribution in [0.4, 0.5) is 0 Å². The quantitative estimate of drug-likeness (QED) is 0.863. The van der Waals surface area contributed by atoms with Crippen LogP contribution < -0.4 is 5.32 Å². The van der Waals surface area contributed by atoms with Gasteiger partial charge in [-0.1, -0.05) is 0 Å². The third kappa shape index (κ3) is 3.19. The lowest BCUT2D eigenvalue weighted by Crippen LogP contribution is -2.40. The van der Waals surface area contributed by atoms with Crippen LogP contribution >= 0.6 is 11.3 Å². The lowest BCUT2D eigenvalue weighted by molar-refractivity contribution is 0.0509. The minimum Gasteiger partial charge on any atom is -0.376 e. The van der Waals surface area contributed by atoms with Crippen LogP contribution in [0.5, 0.6) is 0 Å². The fourth-order valence-electron chi connectivity index (χ4n) is 4.09. The molecular formula is C19H26N4O2S. The molecule has 7 heteroatoms. The molecule has 6 nitrogen and oxygen atoms in total. The summed E-state index contributed by atoms with van der Waals surface area (Å²) < 4.78 is 5.93. The number of aromatic nitrogens is 2. The van der Waals surface area contributed by atoms with Crippen molar-refractivity contribution in [3.8, 4) is 0 Å². The van der Waals surface area contributed by atoms with Gasteiger partial charge in [-0.2, -0.15) is 5.10 Å². The van der Waals surface area contributed by atoms with Crippen LogP contribution in [0.1, 0.15) is 51.8 Å². The summed E-state index contributed by atoms with van der Waals surface area (Å²) in [7, 11) is 0. The van der Waals surface area contributed by atoms with E-state index in [-0.39, 0.29) is 17.4 Å². The lowest BCUT2D eigenvalue weighted by atomic mass is 9.80. The molecule has 1 spiro atoms.